The van der Waals surface area contributed by atoms with Crippen LogP contribution < -0.4 is 30.8 Å². The number of hydrogen-bond donors (Lipinski definition) is 0. The van der Waals surface area contributed by atoms with Gasteiger partial charge in [-0.3, -0.25) is 9.97 Å². The van der Waals surface area contributed by atoms with Crippen LogP contribution in [0.25, 0.3) is 27.5 Å². The van der Waals surface area contributed by atoms with Crippen LogP contribution in [-0.2, 0) is 0 Å². The van der Waals surface area contributed by atoms with Gasteiger partial charge < -0.3 is 18.9 Å². The van der Waals surface area contributed by atoms with Crippen molar-refractivity contribution >= 4 is 62.0 Å². The summed E-state index contributed by atoms with van der Waals surface area (Å²) in [5.41, 5.74) is 10.1. The lowest BCUT2D eigenvalue weighted by Crippen LogP contribution is -2.61. The van der Waals surface area contributed by atoms with Crippen LogP contribution in [0.5, 0.6) is 23.0 Å². The summed E-state index contributed by atoms with van der Waals surface area (Å²) in [5, 5.41) is 2.18. The topological polar surface area (TPSA) is 52.4 Å². The molecule has 0 spiro atoms. The van der Waals surface area contributed by atoms with E-state index in [-0.39, 0.29) is 6.71 Å². The van der Waals surface area contributed by atoms with E-state index in [4.69, 9.17) is 9.47 Å². The van der Waals surface area contributed by atoms with Crippen LogP contribution in [0.4, 0.5) is 17.1 Å². The SMILES string of the molecule is c1cc2c3c(c1)Oc1cccc4c1B3c1c(cccc1N4c1ccc(-n3c4ccncc4c4cnccc43)cc1)O2. The van der Waals surface area contributed by atoms with Gasteiger partial charge >= 0.3 is 0 Å². The molecule has 0 unspecified atom stereocenters. The van der Waals surface area contributed by atoms with Gasteiger partial charge in [0.2, 0.25) is 0 Å². The van der Waals surface area contributed by atoms with E-state index in [1.807, 2.05) is 43.0 Å². The van der Waals surface area contributed by atoms with Gasteiger partial charge in [-0.25, -0.2) is 0 Å². The average Bonchev–Trinajstić information content (AvgIpc) is 3.36. The Hall–Kier alpha value is -5.56. The quantitative estimate of drug-likeness (QED) is 0.256. The number of nitrogens with zero attached hydrogens (tertiary/aromatic N) is 4. The molecular weight excluding hydrogens is 507 g/mol. The van der Waals surface area contributed by atoms with Crippen LogP contribution in [0.1, 0.15) is 0 Å². The van der Waals surface area contributed by atoms with Crippen molar-refractivity contribution < 1.29 is 9.47 Å². The lowest BCUT2D eigenvalue weighted by molar-refractivity contribution is 0.464. The lowest BCUT2D eigenvalue weighted by Gasteiger charge is -2.42. The van der Waals surface area contributed by atoms with Crippen molar-refractivity contribution in [3.05, 3.63) is 116 Å². The monoisotopic (exact) mass is 526 g/mol. The number of rotatable bonds is 2. The fourth-order valence-electron chi connectivity index (χ4n) is 7.02. The van der Waals surface area contributed by atoms with Gasteiger partial charge in [0.25, 0.3) is 6.71 Å². The highest BCUT2D eigenvalue weighted by molar-refractivity contribution is 7.00. The number of ether oxygens (including phenoxy) is 2. The fraction of sp³-hybridized carbons (Fsp3) is 0. The minimum atomic E-state index is 0.0662. The number of pyridine rings is 2. The molecule has 0 fully saturated rings. The highest BCUT2D eigenvalue weighted by atomic mass is 16.5. The number of aromatic nitrogens is 3. The molecule has 0 saturated carbocycles. The molecule has 3 aromatic heterocycles. The van der Waals surface area contributed by atoms with E-state index >= 15 is 0 Å². The first-order valence-electron chi connectivity index (χ1n) is 13.7. The third-order valence-corrected chi connectivity index (χ3v) is 8.63. The van der Waals surface area contributed by atoms with Crippen molar-refractivity contribution in [1.29, 1.82) is 0 Å². The van der Waals surface area contributed by atoms with E-state index in [2.05, 4.69) is 92.2 Å². The standard InChI is InChI=1S/C34H19BN4O2/c1-4-26-32-28(6-1)40-30-8-3-9-31-34(30)35(32)33-27(5-2-7-29(33)41-31)39(26)21-12-10-20(11-13-21)38-24-14-16-36-18-22(24)23-19-37-17-15-25(23)38/h1-19H. The van der Waals surface area contributed by atoms with Gasteiger partial charge in [-0.1, -0.05) is 18.2 Å². The van der Waals surface area contributed by atoms with Crippen LogP contribution in [-0.4, -0.2) is 21.2 Å². The minimum absolute atomic E-state index is 0.0662. The molecule has 3 aliphatic heterocycles. The first kappa shape index (κ1) is 21.3. The molecule has 10 rings (SSSR count). The third-order valence-electron chi connectivity index (χ3n) is 8.63. The predicted molar refractivity (Wildman–Crippen MR) is 162 cm³/mol. The predicted octanol–water partition coefficient (Wildman–Crippen LogP) is 6.08. The molecule has 0 aliphatic carbocycles. The van der Waals surface area contributed by atoms with Gasteiger partial charge in [0, 0.05) is 63.8 Å². The fourth-order valence-corrected chi connectivity index (χ4v) is 7.02. The maximum absolute atomic E-state index is 6.46. The normalized spacial score (nSPS) is 13.7. The van der Waals surface area contributed by atoms with Crippen LogP contribution in [0, 0.1) is 0 Å². The molecule has 0 atom stereocenters. The van der Waals surface area contributed by atoms with Crippen molar-refractivity contribution in [3.63, 3.8) is 0 Å². The summed E-state index contributed by atoms with van der Waals surface area (Å²) >= 11 is 0. The average molecular weight is 526 g/mol. The van der Waals surface area contributed by atoms with Gasteiger partial charge in [0.1, 0.15) is 23.0 Å². The van der Waals surface area contributed by atoms with Crippen molar-refractivity contribution in [1.82, 2.24) is 14.5 Å². The molecule has 7 heteroatoms. The Morgan fingerprint density at radius 3 is 1.56 bits per heavy atom. The molecule has 190 valence electrons. The second-order valence-corrected chi connectivity index (χ2v) is 10.7. The molecule has 0 N–H and O–H groups in total. The maximum Gasteiger partial charge on any atom is 0.266 e. The van der Waals surface area contributed by atoms with Crippen molar-refractivity contribution in [2.45, 2.75) is 0 Å². The highest BCUT2D eigenvalue weighted by Gasteiger charge is 2.47. The van der Waals surface area contributed by atoms with Crippen molar-refractivity contribution in [2.75, 3.05) is 4.90 Å². The first-order valence-corrected chi connectivity index (χ1v) is 13.7. The number of anilines is 3. The van der Waals surface area contributed by atoms with Gasteiger partial charge in [0.05, 0.1) is 11.0 Å². The number of benzene rings is 4. The first-order chi connectivity index (χ1) is 20.3. The van der Waals surface area contributed by atoms with Gasteiger partial charge in [-0.05, 0) is 83.7 Å². The Morgan fingerprint density at radius 1 is 0.512 bits per heavy atom. The summed E-state index contributed by atoms with van der Waals surface area (Å²) in [6.07, 6.45) is 7.52. The summed E-state index contributed by atoms with van der Waals surface area (Å²) in [6.45, 7) is 0.0662. The summed E-state index contributed by atoms with van der Waals surface area (Å²) in [6, 6.07) is 31.7. The Balaban J connectivity index is 1.18. The molecule has 0 bridgehead atoms. The molecule has 3 aliphatic rings. The smallest absolute Gasteiger partial charge is 0.266 e. The zero-order valence-corrected chi connectivity index (χ0v) is 21.7. The molecule has 0 saturated heterocycles. The Kier molecular flexibility index (Phi) is 3.92. The van der Waals surface area contributed by atoms with Gasteiger partial charge in [-0.15, -0.1) is 0 Å². The van der Waals surface area contributed by atoms with E-state index < -0.39 is 0 Å². The number of fused-ring (bicyclic) bond motifs is 3. The zero-order valence-electron chi connectivity index (χ0n) is 21.7. The molecule has 6 nitrogen and oxygen atoms in total. The number of hydrogen-bond acceptors (Lipinski definition) is 5. The van der Waals surface area contributed by atoms with E-state index in [0.717, 1.165) is 73.0 Å². The van der Waals surface area contributed by atoms with Crippen LogP contribution in [0.2, 0.25) is 0 Å². The maximum atomic E-state index is 6.46. The van der Waals surface area contributed by atoms with E-state index in [1.54, 1.807) is 0 Å². The molecule has 0 radical (unpaired) electrons. The second kappa shape index (κ2) is 7.55. The highest BCUT2D eigenvalue weighted by Crippen LogP contribution is 2.45. The molecule has 4 aromatic carbocycles. The minimum Gasteiger partial charge on any atom is -0.458 e. The van der Waals surface area contributed by atoms with Crippen LogP contribution in [0.15, 0.2) is 116 Å². The van der Waals surface area contributed by atoms with Crippen molar-refractivity contribution in [2.24, 2.45) is 0 Å². The van der Waals surface area contributed by atoms with E-state index in [0.29, 0.717) is 0 Å². The molecule has 7 aromatic rings. The summed E-state index contributed by atoms with van der Waals surface area (Å²) in [7, 11) is 0. The van der Waals surface area contributed by atoms with Gasteiger partial charge in [-0.2, -0.15) is 0 Å². The Bertz CT molecular complexity index is 2110. The molecule has 41 heavy (non-hydrogen) atoms. The Morgan fingerprint density at radius 2 is 1.00 bits per heavy atom. The summed E-state index contributed by atoms with van der Waals surface area (Å²) in [5.74, 6) is 3.53. The zero-order chi connectivity index (χ0) is 26.7. The van der Waals surface area contributed by atoms with E-state index in [9.17, 15) is 0 Å². The van der Waals surface area contributed by atoms with Crippen LogP contribution >= 0.6 is 0 Å². The summed E-state index contributed by atoms with van der Waals surface area (Å²) < 4.78 is 15.2. The molecule has 6 heterocycles. The largest absolute Gasteiger partial charge is 0.458 e. The Labute approximate surface area is 235 Å². The summed E-state index contributed by atoms with van der Waals surface area (Å²) in [4.78, 5) is 11.1. The van der Waals surface area contributed by atoms with Gasteiger partial charge in [0.15, 0.2) is 0 Å². The van der Waals surface area contributed by atoms with Crippen molar-refractivity contribution in [3.8, 4) is 28.7 Å². The second-order valence-electron chi connectivity index (χ2n) is 10.7. The molecule has 0 amide bonds. The third kappa shape index (κ3) is 2.67. The molecular formula is C34H19BN4O2. The van der Waals surface area contributed by atoms with E-state index in [1.165, 1.54) is 10.9 Å². The van der Waals surface area contributed by atoms with Crippen LogP contribution in [0.3, 0.4) is 0 Å². The lowest BCUT2D eigenvalue weighted by atomic mass is 9.33.